The van der Waals surface area contributed by atoms with Gasteiger partial charge >= 0.3 is 0 Å². The molecule has 10 heteroatoms. The molecule has 0 bridgehead atoms. The number of nitrogens with one attached hydrogen (secondary N) is 3. The zero-order valence-corrected chi connectivity index (χ0v) is 17.7. The Balaban J connectivity index is 1.61. The van der Waals surface area contributed by atoms with Crippen molar-refractivity contribution in [3.63, 3.8) is 0 Å². The third kappa shape index (κ3) is 4.11. The summed E-state index contributed by atoms with van der Waals surface area (Å²) in [6, 6.07) is 9.29. The Morgan fingerprint density at radius 1 is 1.16 bits per heavy atom. The van der Waals surface area contributed by atoms with E-state index >= 15 is 0 Å². The minimum absolute atomic E-state index is 0.377. The number of hydrogen-bond donors (Lipinski definition) is 3. The number of nitrogens with zero attached hydrogens (tertiary/aromatic N) is 4. The molecule has 0 saturated carbocycles. The average Bonchev–Trinajstić information content (AvgIpc) is 3.22. The first-order valence-corrected chi connectivity index (χ1v) is 10.0. The Kier molecular flexibility index (Phi) is 6.02. The first-order valence-electron chi connectivity index (χ1n) is 10.0. The van der Waals surface area contributed by atoms with Gasteiger partial charge in [-0.1, -0.05) is 0 Å². The van der Waals surface area contributed by atoms with Gasteiger partial charge < -0.3 is 25.7 Å². The predicted molar refractivity (Wildman–Crippen MR) is 120 cm³/mol. The van der Waals surface area contributed by atoms with Gasteiger partial charge in [0.1, 0.15) is 5.75 Å². The van der Waals surface area contributed by atoms with Crippen LogP contribution in [0.2, 0.25) is 0 Å². The van der Waals surface area contributed by atoms with Gasteiger partial charge in [0, 0.05) is 67.2 Å². The van der Waals surface area contributed by atoms with Crippen molar-refractivity contribution in [2.24, 2.45) is 0 Å². The maximum Gasteiger partial charge on any atom is 0.248 e. The van der Waals surface area contributed by atoms with Gasteiger partial charge in [0.25, 0.3) is 0 Å². The number of methoxy groups -OCH3 is 1. The van der Waals surface area contributed by atoms with Crippen LogP contribution in [0, 0.1) is 17.0 Å². The van der Waals surface area contributed by atoms with Crippen molar-refractivity contribution < 1.29 is 13.5 Å². The van der Waals surface area contributed by atoms with Crippen molar-refractivity contribution in [3.8, 4) is 5.75 Å². The number of fused-ring (bicyclic) bond motifs is 1. The van der Waals surface area contributed by atoms with Crippen LogP contribution in [0.15, 0.2) is 42.6 Å². The molecule has 3 N–H and O–H groups in total. The molecule has 0 atom stereocenters. The second kappa shape index (κ2) is 9.04. The summed E-state index contributed by atoms with van der Waals surface area (Å²) in [7, 11) is 3.33. The summed E-state index contributed by atoms with van der Waals surface area (Å²) >= 11 is 0. The van der Waals surface area contributed by atoms with Gasteiger partial charge in [0.2, 0.25) is 11.9 Å². The number of hydrogen-bond acceptors (Lipinski definition) is 7. The largest absolute Gasteiger partial charge is 0.496 e. The molecule has 0 aliphatic carbocycles. The summed E-state index contributed by atoms with van der Waals surface area (Å²) in [4.78, 5) is 6.38. The molecule has 0 amide bonds. The van der Waals surface area contributed by atoms with E-state index in [0.717, 1.165) is 24.1 Å². The third-order valence-corrected chi connectivity index (χ3v) is 5.08. The molecule has 2 heterocycles. The van der Waals surface area contributed by atoms with E-state index < -0.39 is 11.6 Å². The highest BCUT2D eigenvalue weighted by molar-refractivity contribution is 6.09. The smallest absolute Gasteiger partial charge is 0.248 e. The van der Waals surface area contributed by atoms with Gasteiger partial charge in [0.05, 0.1) is 7.11 Å². The second-order valence-electron chi connectivity index (χ2n) is 7.13. The van der Waals surface area contributed by atoms with E-state index in [0.29, 0.717) is 47.7 Å². The molecule has 0 unspecified atom stereocenters. The van der Waals surface area contributed by atoms with E-state index in [1.165, 1.54) is 12.3 Å². The summed E-state index contributed by atoms with van der Waals surface area (Å²) < 4.78 is 34.3. The predicted octanol–water partition coefficient (Wildman–Crippen LogP) is 4.06. The summed E-state index contributed by atoms with van der Waals surface area (Å²) in [5.41, 5.74) is 2.67. The zero-order valence-electron chi connectivity index (χ0n) is 17.7. The topological polar surface area (TPSA) is 91.1 Å². The van der Waals surface area contributed by atoms with Gasteiger partial charge in [-0.25, -0.2) is 13.5 Å². The van der Waals surface area contributed by atoms with Crippen molar-refractivity contribution in [2.75, 3.05) is 30.9 Å². The lowest BCUT2D eigenvalue weighted by Crippen LogP contribution is -2.28. The van der Waals surface area contributed by atoms with Crippen molar-refractivity contribution in [1.82, 2.24) is 20.1 Å². The summed E-state index contributed by atoms with van der Waals surface area (Å²) in [6.07, 6.45) is 3.76. The van der Waals surface area contributed by atoms with E-state index in [1.807, 2.05) is 17.0 Å². The van der Waals surface area contributed by atoms with Crippen molar-refractivity contribution in [2.45, 2.75) is 13.0 Å². The first-order chi connectivity index (χ1) is 15.5. The normalized spacial score (nSPS) is 13.5. The molecule has 32 heavy (non-hydrogen) atoms. The van der Waals surface area contributed by atoms with Crippen LogP contribution in [0.1, 0.15) is 12.0 Å². The maximum absolute atomic E-state index is 13.7. The number of benzene rings is 2. The molecule has 3 aromatic rings. The minimum Gasteiger partial charge on any atom is -0.496 e. The molecular formula is C22H23F2N7O. The Morgan fingerprint density at radius 3 is 2.72 bits per heavy atom. The molecule has 1 aliphatic heterocycles. The first kappa shape index (κ1) is 21.3. The van der Waals surface area contributed by atoms with Gasteiger partial charge in [-0.05, 0) is 30.7 Å². The van der Waals surface area contributed by atoms with Crippen molar-refractivity contribution in [1.29, 1.82) is 5.41 Å². The lowest BCUT2D eigenvalue weighted by atomic mass is 10.1. The summed E-state index contributed by atoms with van der Waals surface area (Å²) in [5, 5.41) is 18.2. The number of rotatable bonds is 7. The average molecular weight is 439 g/mol. The van der Waals surface area contributed by atoms with Crippen molar-refractivity contribution >= 4 is 35.1 Å². The van der Waals surface area contributed by atoms with Gasteiger partial charge in [-0.3, -0.25) is 0 Å². The highest BCUT2D eigenvalue weighted by Gasteiger charge is 2.23. The van der Waals surface area contributed by atoms with E-state index in [-0.39, 0.29) is 0 Å². The quantitative estimate of drug-likeness (QED) is 0.481. The highest BCUT2D eigenvalue weighted by Crippen LogP contribution is 2.32. The highest BCUT2D eigenvalue weighted by atomic mass is 19.2. The zero-order chi connectivity index (χ0) is 22.7. The van der Waals surface area contributed by atoms with Crippen LogP contribution in [0.5, 0.6) is 5.75 Å². The van der Waals surface area contributed by atoms with Gasteiger partial charge in [0.15, 0.2) is 11.6 Å². The van der Waals surface area contributed by atoms with Crippen LogP contribution in [0.3, 0.4) is 0 Å². The fraction of sp³-hybridized carbons (Fsp3) is 0.227. The van der Waals surface area contributed by atoms with E-state index in [2.05, 4.69) is 20.7 Å². The standard InChI is InChI=1S/C22H23F2N7O/c1-26-13-14(12-25)17-6-4-15(10-20(17)32-2)27-21-28-22-30(8-3-9-31(22)29-21)16-5-7-18(23)19(24)11-16/h4-7,10-13,25-26H,3,8-9H2,1-2H3,(H,27,29)/b14-13+,25-12?. The molecule has 0 saturated heterocycles. The van der Waals surface area contributed by atoms with Crippen molar-refractivity contribution in [3.05, 3.63) is 59.8 Å². The van der Waals surface area contributed by atoms with E-state index in [9.17, 15) is 8.78 Å². The molecular weight excluding hydrogens is 416 g/mol. The summed E-state index contributed by atoms with van der Waals surface area (Å²) in [6.45, 7) is 1.29. The fourth-order valence-corrected chi connectivity index (χ4v) is 3.60. The Labute approximate surface area is 184 Å². The number of halogens is 2. The molecule has 0 radical (unpaired) electrons. The van der Waals surface area contributed by atoms with Crippen LogP contribution in [-0.4, -0.2) is 41.7 Å². The maximum atomic E-state index is 13.7. The number of aryl methyl sites for hydroxylation is 1. The number of aromatic nitrogens is 3. The summed E-state index contributed by atoms with van der Waals surface area (Å²) in [5.74, 6) is -0.268. The van der Waals surface area contributed by atoms with E-state index in [1.54, 1.807) is 31.1 Å². The second-order valence-corrected chi connectivity index (χ2v) is 7.13. The van der Waals surface area contributed by atoms with Crippen LogP contribution < -0.4 is 20.3 Å². The Hall–Kier alpha value is -3.95. The van der Waals surface area contributed by atoms with Crippen LogP contribution >= 0.6 is 0 Å². The molecule has 0 spiro atoms. The number of anilines is 4. The monoisotopic (exact) mass is 439 g/mol. The number of ether oxygens (including phenoxy) is 1. The lowest BCUT2D eigenvalue weighted by molar-refractivity contribution is 0.414. The fourth-order valence-electron chi connectivity index (χ4n) is 3.60. The van der Waals surface area contributed by atoms with Crippen LogP contribution in [0.25, 0.3) is 5.57 Å². The molecule has 2 aromatic carbocycles. The van der Waals surface area contributed by atoms with Gasteiger partial charge in [-0.2, -0.15) is 4.98 Å². The van der Waals surface area contributed by atoms with Gasteiger partial charge in [-0.15, -0.1) is 5.10 Å². The SMILES string of the molecule is CN/C=C(\C=N)c1ccc(Nc2nc3n(n2)CCCN3c2ccc(F)c(F)c2)cc1OC. The molecule has 0 fully saturated rings. The van der Waals surface area contributed by atoms with Crippen LogP contribution in [0.4, 0.5) is 32.1 Å². The molecule has 4 rings (SSSR count). The van der Waals surface area contributed by atoms with E-state index in [4.69, 9.17) is 10.1 Å². The minimum atomic E-state index is -0.902. The Bertz CT molecular complexity index is 1180. The number of allylic oxidation sites excluding steroid dienone is 1. The Morgan fingerprint density at radius 2 is 2.00 bits per heavy atom. The van der Waals surface area contributed by atoms with Crippen LogP contribution in [-0.2, 0) is 6.54 Å². The lowest BCUT2D eigenvalue weighted by Gasteiger charge is -2.27. The molecule has 1 aromatic heterocycles. The molecule has 8 nitrogen and oxygen atoms in total. The molecule has 1 aliphatic rings. The third-order valence-electron chi connectivity index (χ3n) is 5.08. The molecule has 166 valence electrons.